The van der Waals surface area contributed by atoms with E-state index in [1.165, 1.54) is 6.08 Å². The van der Waals surface area contributed by atoms with Crippen LogP contribution < -0.4 is 10.2 Å². The van der Waals surface area contributed by atoms with Gasteiger partial charge in [-0.2, -0.15) is 0 Å². The van der Waals surface area contributed by atoms with Crippen molar-refractivity contribution in [1.82, 2.24) is 0 Å². The molecular formula is C17H16N2O2. The summed E-state index contributed by atoms with van der Waals surface area (Å²) in [5.41, 5.74) is 2.32. The Bertz CT molecular complexity index is 765. The normalized spacial score (nSPS) is 12.8. The second-order valence-corrected chi connectivity index (χ2v) is 5.01. The number of anilines is 2. The molecule has 1 aliphatic heterocycles. The van der Waals surface area contributed by atoms with Gasteiger partial charge >= 0.3 is 0 Å². The molecule has 0 aliphatic carbocycles. The molecule has 4 heteroatoms. The number of nitrogens with zero attached hydrogens (tertiary/aromatic N) is 1. The molecule has 3 rings (SSSR count). The summed E-state index contributed by atoms with van der Waals surface area (Å²) in [7, 11) is 0. The molecule has 1 heterocycles. The minimum Gasteiger partial charge on any atom is -0.322 e. The van der Waals surface area contributed by atoms with Gasteiger partial charge in [-0.3, -0.25) is 9.59 Å². The smallest absolute Gasteiger partial charge is 0.258 e. The van der Waals surface area contributed by atoms with E-state index in [0.29, 0.717) is 17.8 Å². The van der Waals surface area contributed by atoms with Crippen molar-refractivity contribution in [3.05, 3.63) is 48.6 Å². The van der Waals surface area contributed by atoms with Crippen molar-refractivity contribution in [3.63, 3.8) is 0 Å². The lowest BCUT2D eigenvalue weighted by Gasteiger charge is -2.17. The maximum atomic E-state index is 12.5. The Balaban J connectivity index is 2.20. The minimum absolute atomic E-state index is 0.0321. The van der Waals surface area contributed by atoms with Gasteiger partial charge in [0.2, 0.25) is 5.91 Å². The van der Waals surface area contributed by atoms with Gasteiger partial charge in [-0.1, -0.05) is 25.6 Å². The van der Waals surface area contributed by atoms with Crippen LogP contribution in [0.3, 0.4) is 0 Å². The van der Waals surface area contributed by atoms with Gasteiger partial charge in [-0.25, -0.2) is 0 Å². The molecule has 0 atom stereocenters. The highest BCUT2D eigenvalue weighted by Crippen LogP contribution is 2.40. The molecule has 4 nitrogen and oxygen atoms in total. The third-order valence-corrected chi connectivity index (χ3v) is 3.68. The Kier molecular flexibility index (Phi) is 3.22. The molecule has 2 aromatic rings. The standard InChI is InChI=1S/C17H16N2O2/c1-3-10-19-14-9-8-13(18-15(20)4-2)11-6-5-7-12(16(11)14)17(19)21/h4-9H,2-3,10H2,1H3,(H,18,20). The van der Waals surface area contributed by atoms with E-state index in [2.05, 4.69) is 11.9 Å². The van der Waals surface area contributed by atoms with Crippen LogP contribution >= 0.6 is 0 Å². The van der Waals surface area contributed by atoms with Gasteiger partial charge in [0, 0.05) is 28.6 Å². The van der Waals surface area contributed by atoms with E-state index in [-0.39, 0.29) is 11.8 Å². The molecule has 0 spiro atoms. The number of nitrogens with one attached hydrogen (secondary N) is 1. The summed E-state index contributed by atoms with van der Waals surface area (Å²) in [6.07, 6.45) is 2.13. The van der Waals surface area contributed by atoms with Crippen LogP contribution in [-0.4, -0.2) is 18.4 Å². The summed E-state index contributed by atoms with van der Waals surface area (Å²) in [6, 6.07) is 9.33. The van der Waals surface area contributed by atoms with Crippen molar-refractivity contribution >= 4 is 34.0 Å². The van der Waals surface area contributed by atoms with Crippen molar-refractivity contribution in [2.75, 3.05) is 16.8 Å². The Morgan fingerprint density at radius 1 is 1.33 bits per heavy atom. The van der Waals surface area contributed by atoms with E-state index in [9.17, 15) is 9.59 Å². The highest BCUT2D eigenvalue weighted by molar-refractivity contribution is 6.27. The minimum atomic E-state index is -0.259. The average Bonchev–Trinajstić information content (AvgIpc) is 2.77. The van der Waals surface area contributed by atoms with Crippen LogP contribution in [0.2, 0.25) is 0 Å². The molecule has 2 aromatic carbocycles. The second kappa shape index (κ2) is 5.05. The zero-order valence-corrected chi connectivity index (χ0v) is 11.8. The number of amides is 2. The number of carbonyl (C=O) groups is 2. The first-order valence-corrected chi connectivity index (χ1v) is 6.98. The van der Waals surface area contributed by atoms with Crippen LogP contribution in [0.1, 0.15) is 23.7 Å². The lowest BCUT2D eigenvalue weighted by Crippen LogP contribution is -2.27. The van der Waals surface area contributed by atoms with Gasteiger partial charge < -0.3 is 10.2 Å². The fourth-order valence-electron chi connectivity index (χ4n) is 2.78. The Morgan fingerprint density at radius 2 is 2.14 bits per heavy atom. The van der Waals surface area contributed by atoms with Crippen LogP contribution in [0.5, 0.6) is 0 Å². The van der Waals surface area contributed by atoms with E-state index >= 15 is 0 Å². The van der Waals surface area contributed by atoms with Crippen molar-refractivity contribution < 1.29 is 9.59 Å². The molecule has 0 aromatic heterocycles. The SMILES string of the molecule is C=CC(=O)Nc1ccc2c3c(cccc13)C(=O)N2CCC. The largest absolute Gasteiger partial charge is 0.322 e. The first kappa shape index (κ1) is 13.4. The number of carbonyl (C=O) groups excluding carboxylic acids is 2. The zero-order chi connectivity index (χ0) is 15.0. The first-order valence-electron chi connectivity index (χ1n) is 6.98. The van der Waals surface area contributed by atoms with E-state index < -0.39 is 0 Å². The van der Waals surface area contributed by atoms with Crippen molar-refractivity contribution in [2.24, 2.45) is 0 Å². The molecule has 1 aliphatic rings. The molecular weight excluding hydrogens is 264 g/mol. The van der Waals surface area contributed by atoms with E-state index in [4.69, 9.17) is 0 Å². The summed E-state index contributed by atoms with van der Waals surface area (Å²) >= 11 is 0. The fourth-order valence-corrected chi connectivity index (χ4v) is 2.78. The Labute approximate surface area is 123 Å². The van der Waals surface area contributed by atoms with Crippen LogP contribution in [-0.2, 0) is 4.79 Å². The number of hydrogen-bond donors (Lipinski definition) is 1. The molecule has 2 amide bonds. The van der Waals surface area contributed by atoms with Crippen molar-refractivity contribution in [1.29, 1.82) is 0 Å². The quantitative estimate of drug-likeness (QED) is 0.873. The van der Waals surface area contributed by atoms with Crippen molar-refractivity contribution in [2.45, 2.75) is 13.3 Å². The predicted molar refractivity (Wildman–Crippen MR) is 84.7 cm³/mol. The lowest BCUT2D eigenvalue weighted by molar-refractivity contribution is -0.111. The third kappa shape index (κ3) is 2.00. The van der Waals surface area contributed by atoms with Gasteiger partial charge in [0.1, 0.15) is 0 Å². The molecule has 106 valence electrons. The fraction of sp³-hybridized carbons (Fsp3) is 0.176. The highest BCUT2D eigenvalue weighted by atomic mass is 16.2. The Hall–Kier alpha value is -2.62. The van der Waals surface area contributed by atoms with Gasteiger partial charge in [0.25, 0.3) is 5.91 Å². The number of benzene rings is 2. The number of hydrogen-bond acceptors (Lipinski definition) is 2. The lowest BCUT2D eigenvalue weighted by atomic mass is 10.0. The van der Waals surface area contributed by atoms with Gasteiger partial charge in [-0.15, -0.1) is 0 Å². The summed E-state index contributed by atoms with van der Waals surface area (Å²) < 4.78 is 0. The van der Waals surface area contributed by atoms with Crippen molar-refractivity contribution in [3.8, 4) is 0 Å². The molecule has 0 saturated carbocycles. The highest BCUT2D eigenvalue weighted by Gasteiger charge is 2.29. The summed E-state index contributed by atoms with van der Waals surface area (Å²) in [5.74, 6) is -0.227. The van der Waals surface area contributed by atoms with Gasteiger partial charge in [0.15, 0.2) is 0 Å². The monoisotopic (exact) mass is 280 g/mol. The molecule has 0 radical (unpaired) electrons. The van der Waals surface area contributed by atoms with E-state index in [1.807, 2.05) is 37.3 Å². The number of rotatable bonds is 4. The zero-order valence-electron chi connectivity index (χ0n) is 11.8. The molecule has 21 heavy (non-hydrogen) atoms. The Morgan fingerprint density at radius 3 is 2.86 bits per heavy atom. The van der Waals surface area contributed by atoms with E-state index in [0.717, 1.165) is 22.9 Å². The van der Waals surface area contributed by atoms with Gasteiger partial charge in [-0.05, 0) is 30.7 Å². The molecule has 1 N–H and O–H groups in total. The third-order valence-electron chi connectivity index (χ3n) is 3.68. The first-order chi connectivity index (χ1) is 10.2. The molecule has 0 unspecified atom stereocenters. The predicted octanol–water partition coefficient (Wildman–Crippen LogP) is 3.33. The second-order valence-electron chi connectivity index (χ2n) is 5.01. The summed E-state index contributed by atoms with van der Waals surface area (Å²) in [6.45, 7) is 6.20. The molecule has 0 bridgehead atoms. The molecule has 0 saturated heterocycles. The maximum absolute atomic E-state index is 12.5. The van der Waals surface area contributed by atoms with Crippen LogP contribution in [0, 0.1) is 0 Å². The summed E-state index contributed by atoms with van der Waals surface area (Å²) in [4.78, 5) is 25.8. The molecule has 0 fully saturated rings. The van der Waals surface area contributed by atoms with E-state index in [1.54, 1.807) is 4.90 Å². The van der Waals surface area contributed by atoms with Crippen LogP contribution in [0.15, 0.2) is 43.0 Å². The van der Waals surface area contributed by atoms with Gasteiger partial charge in [0.05, 0.1) is 5.69 Å². The summed E-state index contributed by atoms with van der Waals surface area (Å²) in [5, 5.41) is 4.59. The van der Waals surface area contributed by atoms with Crippen LogP contribution in [0.25, 0.3) is 10.8 Å². The maximum Gasteiger partial charge on any atom is 0.258 e. The topological polar surface area (TPSA) is 49.4 Å². The average molecular weight is 280 g/mol. The van der Waals surface area contributed by atoms with Crippen LogP contribution in [0.4, 0.5) is 11.4 Å².